The van der Waals surface area contributed by atoms with Gasteiger partial charge in [0.05, 0.1) is 0 Å². The Morgan fingerprint density at radius 3 is 2.64 bits per heavy atom. The predicted octanol–water partition coefficient (Wildman–Crippen LogP) is -0.188. The van der Waals surface area contributed by atoms with Crippen molar-refractivity contribution < 1.29 is 14.0 Å². The van der Waals surface area contributed by atoms with Crippen LogP contribution < -0.4 is 5.48 Å². The van der Waals surface area contributed by atoms with Crippen molar-refractivity contribution in [2.75, 3.05) is 13.6 Å². The fourth-order valence-electron chi connectivity index (χ4n) is 0.609. The third-order valence-corrected chi connectivity index (χ3v) is 2.39. The summed E-state index contributed by atoms with van der Waals surface area (Å²) >= 11 is -1.92. The lowest BCUT2D eigenvalue weighted by atomic mass is 10.2. The lowest BCUT2D eigenvalue weighted by Crippen LogP contribution is -2.32. The maximum Gasteiger partial charge on any atom is 0.234 e. The van der Waals surface area contributed by atoms with Gasteiger partial charge in [-0.15, -0.1) is 0 Å². The Balaban J connectivity index is 3.63. The molecule has 0 aromatic heterocycles. The van der Waals surface area contributed by atoms with E-state index in [1.54, 1.807) is 7.05 Å². The Hall–Kier alpha value is -0.0100. The normalized spacial score (nSPS) is 16.8. The molecule has 5 nitrogen and oxygen atoms in total. The lowest BCUT2D eigenvalue weighted by molar-refractivity contribution is 0.158. The van der Waals surface area contributed by atoms with Crippen LogP contribution in [0.25, 0.3) is 0 Å². The maximum absolute atomic E-state index is 10.5. The van der Waals surface area contributed by atoms with Crippen molar-refractivity contribution in [2.24, 2.45) is 0 Å². The van der Waals surface area contributed by atoms with Crippen LogP contribution in [0.2, 0.25) is 0 Å². The standard InChI is InChI=1S/C5H14N2O3S/c1-5(3-4-6-8)7(2)11(9)10/h5-6,8H,3-4H2,1-2H3,(H,9,10). The molecule has 0 saturated carbocycles. The summed E-state index contributed by atoms with van der Waals surface area (Å²) in [5.74, 6) is 0. The molecule has 0 rings (SSSR count). The summed E-state index contributed by atoms with van der Waals surface area (Å²) in [4.78, 5) is 0. The van der Waals surface area contributed by atoms with Crippen LogP contribution in [0.5, 0.6) is 0 Å². The van der Waals surface area contributed by atoms with Gasteiger partial charge in [-0.25, -0.2) is 14.0 Å². The molecule has 2 unspecified atom stereocenters. The second-order valence-electron chi connectivity index (χ2n) is 2.32. The smallest absolute Gasteiger partial charge is 0.234 e. The molecular formula is C5H14N2O3S. The van der Waals surface area contributed by atoms with Crippen LogP contribution in [-0.2, 0) is 11.3 Å². The second kappa shape index (κ2) is 5.62. The molecule has 2 atom stereocenters. The van der Waals surface area contributed by atoms with Crippen molar-refractivity contribution in [2.45, 2.75) is 19.4 Å². The predicted molar refractivity (Wildman–Crippen MR) is 42.4 cm³/mol. The molecule has 0 aromatic rings. The Morgan fingerprint density at radius 2 is 2.27 bits per heavy atom. The van der Waals surface area contributed by atoms with Gasteiger partial charge in [-0.05, 0) is 13.3 Å². The van der Waals surface area contributed by atoms with Crippen molar-refractivity contribution in [3.63, 3.8) is 0 Å². The van der Waals surface area contributed by atoms with Crippen LogP contribution >= 0.6 is 0 Å². The highest BCUT2D eigenvalue weighted by molar-refractivity contribution is 7.76. The molecule has 68 valence electrons. The third-order valence-electron chi connectivity index (χ3n) is 1.54. The van der Waals surface area contributed by atoms with Crippen LogP contribution in [0, 0.1) is 0 Å². The van der Waals surface area contributed by atoms with Gasteiger partial charge in [0.15, 0.2) is 0 Å². The molecule has 6 heteroatoms. The Bertz CT molecular complexity index is 133. The molecule has 0 aliphatic rings. The van der Waals surface area contributed by atoms with Crippen LogP contribution in [-0.4, -0.2) is 37.9 Å². The fraction of sp³-hybridized carbons (Fsp3) is 1.00. The fourth-order valence-corrected chi connectivity index (χ4v) is 1.02. The molecule has 0 spiro atoms. The molecule has 3 N–H and O–H groups in total. The summed E-state index contributed by atoms with van der Waals surface area (Å²) < 4.78 is 20.4. The summed E-state index contributed by atoms with van der Waals surface area (Å²) in [7, 11) is 1.55. The first-order valence-electron chi connectivity index (χ1n) is 3.30. The zero-order valence-corrected chi connectivity index (χ0v) is 7.47. The van der Waals surface area contributed by atoms with Crippen LogP contribution in [0.15, 0.2) is 0 Å². The van der Waals surface area contributed by atoms with Crippen LogP contribution in [0.3, 0.4) is 0 Å². The third kappa shape index (κ3) is 4.44. The molecule has 0 radical (unpaired) electrons. The molecule has 0 aliphatic heterocycles. The highest BCUT2D eigenvalue weighted by Gasteiger charge is 2.12. The molecule has 0 bridgehead atoms. The minimum atomic E-state index is -1.92. The monoisotopic (exact) mass is 182 g/mol. The van der Waals surface area contributed by atoms with Gasteiger partial charge in [0.2, 0.25) is 11.3 Å². The van der Waals surface area contributed by atoms with E-state index in [0.717, 1.165) is 0 Å². The molecule has 11 heavy (non-hydrogen) atoms. The molecule has 0 saturated heterocycles. The van der Waals surface area contributed by atoms with Crippen molar-refractivity contribution in [1.29, 1.82) is 0 Å². The van der Waals surface area contributed by atoms with Crippen molar-refractivity contribution in [3.05, 3.63) is 0 Å². The molecule has 0 amide bonds. The number of hydrogen-bond acceptors (Lipinski definition) is 3. The first-order valence-corrected chi connectivity index (χ1v) is 4.36. The van der Waals surface area contributed by atoms with E-state index in [9.17, 15) is 4.21 Å². The lowest BCUT2D eigenvalue weighted by Gasteiger charge is -2.19. The largest absolute Gasteiger partial charge is 0.317 e. The van der Waals surface area contributed by atoms with Gasteiger partial charge in [0.1, 0.15) is 0 Å². The summed E-state index contributed by atoms with van der Waals surface area (Å²) in [5, 5.41) is 8.23. The van der Waals surface area contributed by atoms with Crippen molar-refractivity contribution in [1.82, 2.24) is 9.79 Å². The number of rotatable bonds is 5. The highest BCUT2D eigenvalue weighted by Crippen LogP contribution is 2.00. The quantitative estimate of drug-likeness (QED) is 0.407. The van der Waals surface area contributed by atoms with E-state index in [2.05, 4.69) is 0 Å². The van der Waals surface area contributed by atoms with Gasteiger partial charge in [0, 0.05) is 19.6 Å². The van der Waals surface area contributed by atoms with Crippen LogP contribution in [0.4, 0.5) is 0 Å². The average Bonchev–Trinajstić information content (AvgIpc) is 1.98. The van der Waals surface area contributed by atoms with E-state index in [4.69, 9.17) is 9.76 Å². The minimum Gasteiger partial charge on any atom is -0.317 e. The van der Waals surface area contributed by atoms with Crippen molar-refractivity contribution >= 4 is 11.3 Å². The Kier molecular flexibility index (Phi) is 5.61. The Morgan fingerprint density at radius 1 is 1.73 bits per heavy atom. The van der Waals surface area contributed by atoms with Gasteiger partial charge in [0.25, 0.3) is 0 Å². The topological polar surface area (TPSA) is 72.8 Å². The Labute approximate surface area is 68.8 Å². The van der Waals surface area contributed by atoms with Crippen molar-refractivity contribution in [3.8, 4) is 0 Å². The SMILES string of the molecule is CC(CCNO)N(C)S(=O)O. The van der Waals surface area contributed by atoms with E-state index in [0.29, 0.717) is 13.0 Å². The van der Waals surface area contributed by atoms with Gasteiger partial charge in [-0.1, -0.05) is 0 Å². The molecule has 0 fully saturated rings. The van der Waals surface area contributed by atoms with Crippen LogP contribution in [0.1, 0.15) is 13.3 Å². The van der Waals surface area contributed by atoms with Gasteiger partial charge in [-0.2, -0.15) is 0 Å². The summed E-state index contributed by atoms with van der Waals surface area (Å²) in [6, 6.07) is -0.0273. The second-order valence-corrected chi connectivity index (χ2v) is 3.36. The van der Waals surface area contributed by atoms with E-state index < -0.39 is 11.3 Å². The van der Waals surface area contributed by atoms with E-state index in [1.165, 1.54) is 4.31 Å². The molecule has 0 heterocycles. The molecule has 0 aliphatic carbocycles. The zero-order valence-electron chi connectivity index (χ0n) is 6.65. The van der Waals surface area contributed by atoms with Gasteiger partial charge >= 0.3 is 0 Å². The highest BCUT2D eigenvalue weighted by atomic mass is 32.2. The number of hydroxylamine groups is 1. The van der Waals surface area contributed by atoms with E-state index >= 15 is 0 Å². The zero-order chi connectivity index (χ0) is 8.85. The van der Waals surface area contributed by atoms with Gasteiger partial charge in [-0.3, -0.25) is 4.55 Å². The summed E-state index contributed by atoms with van der Waals surface area (Å²) in [5.41, 5.74) is 1.99. The molecular weight excluding hydrogens is 168 g/mol. The molecule has 0 aromatic carbocycles. The minimum absolute atomic E-state index is 0.0273. The van der Waals surface area contributed by atoms with Gasteiger partial charge < -0.3 is 5.21 Å². The number of nitrogens with one attached hydrogen (secondary N) is 1. The summed E-state index contributed by atoms with van der Waals surface area (Å²) in [6.07, 6.45) is 0.624. The maximum atomic E-state index is 10.5. The van der Waals surface area contributed by atoms with E-state index in [-0.39, 0.29) is 6.04 Å². The average molecular weight is 182 g/mol. The van der Waals surface area contributed by atoms with E-state index in [1.807, 2.05) is 12.4 Å². The number of nitrogens with zero attached hydrogens (tertiary/aromatic N) is 1. The number of hydrogen-bond donors (Lipinski definition) is 3. The summed E-state index contributed by atoms with van der Waals surface area (Å²) in [6.45, 7) is 2.23. The first-order chi connectivity index (χ1) is 5.09. The first kappa shape index (κ1) is 11.0.